The molecule has 1 aliphatic heterocycles. The minimum absolute atomic E-state index is 0.201. The molecule has 1 unspecified atom stereocenters. The van der Waals surface area contributed by atoms with Gasteiger partial charge in [-0.2, -0.15) is 0 Å². The Hall–Kier alpha value is -0.770. The number of nitrogens with zero attached hydrogens (tertiary/aromatic N) is 1. The summed E-state index contributed by atoms with van der Waals surface area (Å²) in [5.74, 6) is 0. The Labute approximate surface area is 126 Å². The standard InChI is InChI=1S/C16H25ClN2O/c1-12(2)18-10-13-6-7-16(15(17)9-13)19-8-4-3-5-14(19)11-20/h6-7,9,12,14,18,20H,3-5,8,10-11H2,1-2H3. The molecule has 112 valence electrons. The maximum atomic E-state index is 9.52. The number of hydrogen-bond donors (Lipinski definition) is 2. The monoisotopic (exact) mass is 296 g/mol. The lowest BCUT2D eigenvalue weighted by atomic mass is 10.0. The first kappa shape index (κ1) is 15.6. The molecule has 20 heavy (non-hydrogen) atoms. The van der Waals surface area contributed by atoms with Gasteiger partial charge in [0, 0.05) is 19.1 Å². The second-order valence-corrected chi connectivity index (χ2v) is 6.25. The minimum Gasteiger partial charge on any atom is -0.394 e. The van der Waals surface area contributed by atoms with E-state index in [2.05, 4.69) is 36.2 Å². The molecule has 1 atom stereocenters. The molecule has 1 heterocycles. The van der Waals surface area contributed by atoms with E-state index in [4.69, 9.17) is 11.6 Å². The highest BCUT2D eigenvalue weighted by atomic mass is 35.5. The van der Waals surface area contributed by atoms with E-state index in [0.29, 0.717) is 6.04 Å². The van der Waals surface area contributed by atoms with Crippen molar-refractivity contribution in [3.63, 3.8) is 0 Å². The molecule has 1 aromatic carbocycles. The van der Waals surface area contributed by atoms with Crippen LogP contribution in [0.2, 0.25) is 5.02 Å². The summed E-state index contributed by atoms with van der Waals surface area (Å²) >= 11 is 6.45. The third kappa shape index (κ3) is 3.87. The van der Waals surface area contributed by atoms with Crippen molar-refractivity contribution in [2.75, 3.05) is 18.1 Å². The number of anilines is 1. The summed E-state index contributed by atoms with van der Waals surface area (Å²) in [6, 6.07) is 6.93. The fourth-order valence-corrected chi connectivity index (χ4v) is 3.03. The lowest BCUT2D eigenvalue weighted by Gasteiger charge is -2.37. The number of rotatable bonds is 5. The molecule has 1 aromatic rings. The Morgan fingerprint density at radius 1 is 1.40 bits per heavy atom. The molecule has 1 saturated heterocycles. The van der Waals surface area contributed by atoms with E-state index in [0.717, 1.165) is 30.2 Å². The van der Waals surface area contributed by atoms with E-state index < -0.39 is 0 Å². The van der Waals surface area contributed by atoms with Crippen LogP contribution in [0, 0.1) is 0 Å². The van der Waals surface area contributed by atoms with Gasteiger partial charge < -0.3 is 15.3 Å². The van der Waals surface area contributed by atoms with Crippen molar-refractivity contribution >= 4 is 17.3 Å². The van der Waals surface area contributed by atoms with Crippen LogP contribution in [0.25, 0.3) is 0 Å². The van der Waals surface area contributed by atoms with Crippen molar-refractivity contribution in [1.82, 2.24) is 5.32 Å². The van der Waals surface area contributed by atoms with E-state index >= 15 is 0 Å². The van der Waals surface area contributed by atoms with Crippen LogP contribution in [0.1, 0.15) is 38.7 Å². The smallest absolute Gasteiger partial charge is 0.0642 e. The summed E-state index contributed by atoms with van der Waals surface area (Å²) in [6.45, 7) is 6.29. The van der Waals surface area contributed by atoms with E-state index in [1.807, 2.05) is 6.07 Å². The number of hydrogen-bond acceptors (Lipinski definition) is 3. The van der Waals surface area contributed by atoms with Gasteiger partial charge in [-0.05, 0) is 37.0 Å². The van der Waals surface area contributed by atoms with Gasteiger partial charge >= 0.3 is 0 Å². The van der Waals surface area contributed by atoms with E-state index in [9.17, 15) is 5.11 Å². The van der Waals surface area contributed by atoms with Crippen molar-refractivity contribution in [3.8, 4) is 0 Å². The molecule has 3 nitrogen and oxygen atoms in total. The molecule has 0 aliphatic carbocycles. The van der Waals surface area contributed by atoms with Crippen LogP contribution in [0.3, 0.4) is 0 Å². The molecule has 1 aliphatic rings. The molecular formula is C16H25ClN2O. The largest absolute Gasteiger partial charge is 0.394 e. The lowest BCUT2D eigenvalue weighted by molar-refractivity contribution is 0.240. The first-order valence-corrected chi connectivity index (χ1v) is 7.89. The Morgan fingerprint density at radius 3 is 2.85 bits per heavy atom. The molecular weight excluding hydrogens is 272 g/mol. The van der Waals surface area contributed by atoms with Gasteiger partial charge in [0.05, 0.1) is 23.4 Å². The summed E-state index contributed by atoms with van der Waals surface area (Å²) in [7, 11) is 0. The molecule has 0 radical (unpaired) electrons. The quantitative estimate of drug-likeness (QED) is 0.876. The molecule has 4 heteroatoms. The van der Waals surface area contributed by atoms with E-state index in [-0.39, 0.29) is 12.6 Å². The van der Waals surface area contributed by atoms with Gasteiger partial charge in [-0.3, -0.25) is 0 Å². The maximum absolute atomic E-state index is 9.52. The van der Waals surface area contributed by atoms with Crippen LogP contribution >= 0.6 is 11.6 Å². The summed E-state index contributed by atoms with van der Waals surface area (Å²) in [5, 5.41) is 13.7. The topological polar surface area (TPSA) is 35.5 Å². The second kappa shape index (κ2) is 7.30. The van der Waals surface area contributed by atoms with Gasteiger partial charge in [0.15, 0.2) is 0 Å². The third-order valence-electron chi connectivity index (χ3n) is 3.87. The summed E-state index contributed by atoms with van der Waals surface area (Å²) in [5.41, 5.74) is 2.25. The fraction of sp³-hybridized carbons (Fsp3) is 0.625. The van der Waals surface area contributed by atoms with Crippen molar-refractivity contribution in [2.24, 2.45) is 0 Å². The van der Waals surface area contributed by atoms with Crippen LogP contribution in [0.5, 0.6) is 0 Å². The molecule has 0 bridgehead atoms. The Balaban J connectivity index is 2.12. The molecule has 2 N–H and O–H groups in total. The molecule has 0 saturated carbocycles. The van der Waals surface area contributed by atoms with E-state index in [1.54, 1.807) is 0 Å². The first-order chi connectivity index (χ1) is 9.61. The predicted octanol–water partition coefficient (Wildman–Crippen LogP) is 3.19. The SMILES string of the molecule is CC(C)NCc1ccc(N2CCCCC2CO)c(Cl)c1. The van der Waals surface area contributed by atoms with Crippen molar-refractivity contribution in [1.29, 1.82) is 0 Å². The number of benzene rings is 1. The fourth-order valence-electron chi connectivity index (χ4n) is 2.72. The maximum Gasteiger partial charge on any atom is 0.0642 e. The Kier molecular flexibility index (Phi) is 5.70. The van der Waals surface area contributed by atoms with Gasteiger partial charge in [0.1, 0.15) is 0 Å². The third-order valence-corrected chi connectivity index (χ3v) is 4.18. The van der Waals surface area contributed by atoms with Gasteiger partial charge in [-0.15, -0.1) is 0 Å². The Bertz CT molecular complexity index is 436. The number of piperidine rings is 1. The lowest BCUT2D eigenvalue weighted by Crippen LogP contribution is -2.42. The normalized spacial score (nSPS) is 19.6. The van der Waals surface area contributed by atoms with Crippen LogP contribution in [-0.2, 0) is 6.54 Å². The zero-order valence-corrected chi connectivity index (χ0v) is 13.2. The molecule has 0 amide bonds. The first-order valence-electron chi connectivity index (χ1n) is 7.51. The number of nitrogens with one attached hydrogen (secondary N) is 1. The van der Waals surface area contributed by atoms with Crippen molar-refractivity contribution in [3.05, 3.63) is 28.8 Å². The van der Waals surface area contributed by atoms with Crippen LogP contribution in [0.4, 0.5) is 5.69 Å². The minimum atomic E-state index is 0.201. The Morgan fingerprint density at radius 2 is 2.20 bits per heavy atom. The van der Waals surface area contributed by atoms with Crippen LogP contribution in [0.15, 0.2) is 18.2 Å². The molecule has 2 rings (SSSR count). The highest BCUT2D eigenvalue weighted by molar-refractivity contribution is 6.33. The van der Waals surface area contributed by atoms with Gasteiger partial charge in [0.2, 0.25) is 0 Å². The molecule has 1 fully saturated rings. The highest BCUT2D eigenvalue weighted by Gasteiger charge is 2.23. The average molecular weight is 297 g/mol. The molecule has 0 spiro atoms. The average Bonchev–Trinajstić information content (AvgIpc) is 2.45. The summed E-state index contributed by atoms with van der Waals surface area (Å²) < 4.78 is 0. The van der Waals surface area contributed by atoms with Crippen LogP contribution < -0.4 is 10.2 Å². The zero-order chi connectivity index (χ0) is 14.5. The van der Waals surface area contributed by atoms with E-state index in [1.165, 1.54) is 18.4 Å². The second-order valence-electron chi connectivity index (χ2n) is 5.85. The number of aliphatic hydroxyl groups excluding tert-OH is 1. The molecule has 0 aromatic heterocycles. The van der Waals surface area contributed by atoms with Gasteiger partial charge in [0.25, 0.3) is 0 Å². The summed E-state index contributed by atoms with van der Waals surface area (Å²) in [4.78, 5) is 2.26. The van der Waals surface area contributed by atoms with Gasteiger partial charge in [-0.1, -0.05) is 31.5 Å². The summed E-state index contributed by atoms with van der Waals surface area (Å²) in [6.07, 6.45) is 3.41. The highest BCUT2D eigenvalue weighted by Crippen LogP contribution is 2.31. The number of aliphatic hydroxyl groups is 1. The van der Waals surface area contributed by atoms with Crippen molar-refractivity contribution in [2.45, 2.75) is 51.7 Å². The van der Waals surface area contributed by atoms with Gasteiger partial charge in [-0.25, -0.2) is 0 Å². The zero-order valence-electron chi connectivity index (χ0n) is 12.4. The van der Waals surface area contributed by atoms with Crippen molar-refractivity contribution < 1.29 is 5.11 Å². The van der Waals surface area contributed by atoms with Crippen LogP contribution in [-0.4, -0.2) is 30.3 Å². The number of halogens is 1. The predicted molar refractivity (Wildman–Crippen MR) is 85.5 cm³/mol.